The van der Waals surface area contributed by atoms with E-state index < -0.39 is 0 Å². The lowest BCUT2D eigenvalue weighted by Gasteiger charge is -2.12. The van der Waals surface area contributed by atoms with Crippen molar-refractivity contribution < 1.29 is 9.84 Å². The fourth-order valence-electron chi connectivity index (χ4n) is 2.12. The molecule has 0 spiro atoms. The second kappa shape index (κ2) is 7.44. The number of nitrogens with one attached hydrogen (secondary N) is 1. The molecule has 21 heavy (non-hydrogen) atoms. The topological polar surface area (TPSA) is 65.3 Å². The van der Waals surface area contributed by atoms with Crippen molar-refractivity contribution in [1.82, 2.24) is 5.32 Å². The van der Waals surface area contributed by atoms with Crippen LogP contribution in [0.1, 0.15) is 16.7 Å². The molecule has 0 aliphatic rings. The fourth-order valence-corrected chi connectivity index (χ4v) is 2.12. The van der Waals surface area contributed by atoms with Gasteiger partial charge in [-0.15, -0.1) is 0 Å². The molecule has 0 heterocycles. The Labute approximate surface area is 124 Å². The van der Waals surface area contributed by atoms with E-state index in [1.807, 2.05) is 43.4 Å². The first-order chi connectivity index (χ1) is 10.3. The van der Waals surface area contributed by atoms with E-state index in [-0.39, 0.29) is 6.61 Å². The third-order valence-corrected chi connectivity index (χ3v) is 3.12. The summed E-state index contributed by atoms with van der Waals surface area (Å²) in [5.74, 6) is 1.20. The van der Waals surface area contributed by atoms with Crippen LogP contribution in [-0.2, 0) is 13.0 Å². The highest BCUT2D eigenvalue weighted by Crippen LogP contribution is 2.28. The molecular weight excluding hydrogens is 264 g/mol. The molecule has 0 saturated carbocycles. The number of benzene rings is 2. The molecule has 0 bridgehead atoms. The summed E-state index contributed by atoms with van der Waals surface area (Å²) in [5, 5.41) is 21.4. The van der Waals surface area contributed by atoms with Gasteiger partial charge in [-0.2, -0.15) is 5.26 Å². The molecule has 2 aromatic carbocycles. The van der Waals surface area contributed by atoms with Crippen molar-refractivity contribution in [2.45, 2.75) is 13.0 Å². The monoisotopic (exact) mass is 282 g/mol. The van der Waals surface area contributed by atoms with Crippen molar-refractivity contribution >= 4 is 0 Å². The van der Waals surface area contributed by atoms with Crippen LogP contribution in [0.2, 0.25) is 0 Å². The minimum Gasteiger partial charge on any atom is -0.456 e. The van der Waals surface area contributed by atoms with Crippen LogP contribution in [0, 0.1) is 11.3 Å². The van der Waals surface area contributed by atoms with E-state index in [9.17, 15) is 5.26 Å². The number of ether oxygens (including phenoxy) is 1. The molecule has 4 heteroatoms. The molecular formula is C17H18N2O2. The Morgan fingerprint density at radius 3 is 2.71 bits per heavy atom. The second-order valence-corrected chi connectivity index (χ2v) is 4.66. The minimum atomic E-state index is 0.0621. The maximum Gasteiger partial charge on any atom is 0.145 e. The van der Waals surface area contributed by atoms with E-state index in [4.69, 9.17) is 9.84 Å². The van der Waals surface area contributed by atoms with Crippen molar-refractivity contribution in [1.29, 1.82) is 5.26 Å². The Morgan fingerprint density at radius 1 is 1.19 bits per heavy atom. The van der Waals surface area contributed by atoms with Crippen molar-refractivity contribution in [2.24, 2.45) is 0 Å². The average Bonchev–Trinajstić information content (AvgIpc) is 2.51. The van der Waals surface area contributed by atoms with Gasteiger partial charge in [-0.05, 0) is 42.8 Å². The van der Waals surface area contributed by atoms with Crippen LogP contribution in [0.25, 0.3) is 0 Å². The number of nitrogens with zero attached hydrogens (tertiary/aromatic N) is 1. The number of para-hydroxylation sites is 1. The number of hydrogen-bond donors (Lipinski definition) is 2. The second-order valence-electron chi connectivity index (χ2n) is 4.66. The normalized spacial score (nSPS) is 10.1. The molecule has 108 valence electrons. The summed E-state index contributed by atoms with van der Waals surface area (Å²) in [5.41, 5.74) is 2.45. The molecule has 0 atom stereocenters. The standard InChI is InChI=1S/C17H18N2O2/c1-19-12-13-6-7-17(15(10-13)11-18)21-16-5-3-2-4-14(16)8-9-20/h2-7,10,19-20H,8-9,12H2,1H3. The number of nitriles is 1. The van der Waals surface area contributed by atoms with E-state index in [2.05, 4.69) is 11.4 Å². The van der Waals surface area contributed by atoms with Crippen LogP contribution in [-0.4, -0.2) is 18.8 Å². The number of hydrogen-bond acceptors (Lipinski definition) is 4. The number of rotatable bonds is 6. The molecule has 4 nitrogen and oxygen atoms in total. The zero-order valence-corrected chi connectivity index (χ0v) is 12.0. The Hall–Kier alpha value is -2.35. The van der Waals surface area contributed by atoms with E-state index in [0.717, 1.165) is 11.1 Å². The van der Waals surface area contributed by atoms with Gasteiger partial charge in [-0.3, -0.25) is 0 Å². The largest absolute Gasteiger partial charge is 0.456 e. The van der Waals surface area contributed by atoms with Crippen molar-refractivity contribution in [3.8, 4) is 17.6 Å². The molecule has 2 N–H and O–H groups in total. The predicted octanol–water partition coefficient (Wildman–Crippen LogP) is 2.60. The first-order valence-corrected chi connectivity index (χ1v) is 6.82. The van der Waals surface area contributed by atoms with Crippen LogP contribution in [0.5, 0.6) is 11.5 Å². The summed E-state index contributed by atoms with van der Waals surface area (Å²) in [6, 6.07) is 15.2. The molecule has 2 rings (SSSR count). The molecule has 0 aromatic heterocycles. The minimum absolute atomic E-state index is 0.0621. The van der Waals surface area contributed by atoms with Crippen LogP contribution < -0.4 is 10.1 Å². The zero-order chi connectivity index (χ0) is 15.1. The predicted molar refractivity (Wildman–Crippen MR) is 81.2 cm³/mol. The van der Waals surface area contributed by atoms with Crippen molar-refractivity contribution in [2.75, 3.05) is 13.7 Å². The molecule has 0 aliphatic heterocycles. The SMILES string of the molecule is CNCc1ccc(Oc2ccccc2CCO)c(C#N)c1. The number of aliphatic hydroxyl groups excluding tert-OH is 1. The van der Waals surface area contributed by atoms with Gasteiger partial charge in [0.1, 0.15) is 17.6 Å². The third kappa shape index (κ3) is 3.82. The highest BCUT2D eigenvalue weighted by molar-refractivity contribution is 5.48. The van der Waals surface area contributed by atoms with Gasteiger partial charge in [0.2, 0.25) is 0 Å². The quantitative estimate of drug-likeness (QED) is 0.854. The molecule has 2 aromatic rings. The summed E-state index contributed by atoms with van der Waals surface area (Å²) in [4.78, 5) is 0. The lowest BCUT2D eigenvalue weighted by atomic mass is 10.1. The lowest BCUT2D eigenvalue weighted by molar-refractivity contribution is 0.298. The van der Waals surface area contributed by atoms with Gasteiger partial charge in [0.05, 0.1) is 5.56 Å². The first-order valence-electron chi connectivity index (χ1n) is 6.82. The van der Waals surface area contributed by atoms with Gasteiger partial charge in [-0.1, -0.05) is 24.3 Å². The third-order valence-electron chi connectivity index (χ3n) is 3.12. The Balaban J connectivity index is 2.29. The summed E-state index contributed by atoms with van der Waals surface area (Å²) < 4.78 is 5.86. The average molecular weight is 282 g/mol. The molecule has 0 amide bonds. The smallest absolute Gasteiger partial charge is 0.145 e. The van der Waals surface area contributed by atoms with Crippen molar-refractivity contribution in [3.05, 3.63) is 59.2 Å². The molecule has 0 aliphatic carbocycles. The van der Waals surface area contributed by atoms with E-state index >= 15 is 0 Å². The Bertz CT molecular complexity index is 647. The maximum atomic E-state index is 9.27. The van der Waals surface area contributed by atoms with Gasteiger partial charge < -0.3 is 15.2 Å². The highest BCUT2D eigenvalue weighted by Gasteiger charge is 2.09. The van der Waals surface area contributed by atoms with Crippen LogP contribution in [0.3, 0.4) is 0 Å². The summed E-state index contributed by atoms with van der Waals surface area (Å²) in [6.45, 7) is 0.767. The number of aliphatic hydroxyl groups is 1. The Kier molecular flexibility index (Phi) is 5.33. The maximum absolute atomic E-state index is 9.27. The van der Waals surface area contributed by atoms with Crippen molar-refractivity contribution in [3.63, 3.8) is 0 Å². The van der Waals surface area contributed by atoms with E-state index in [1.165, 1.54) is 0 Å². The van der Waals surface area contributed by atoms with Crippen LogP contribution in [0.15, 0.2) is 42.5 Å². The van der Waals surface area contributed by atoms with Gasteiger partial charge in [0, 0.05) is 13.2 Å². The van der Waals surface area contributed by atoms with Crippen LogP contribution in [0.4, 0.5) is 0 Å². The summed E-state index contributed by atoms with van der Waals surface area (Å²) >= 11 is 0. The first kappa shape index (κ1) is 15.0. The van der Waals surface area contributed by atoms with Gasteiger partial charge >= 0.3 is 0 Å². The Morgan fingerprint density at radius 2 is 2.00 bits per heavy atom. The molecule has 0 fully saturated rings. The zero-order valence-electron chi connectivity index (χ0n) is 12.0. The van der Waals surface area contributed by atoms with E-state index in [0.29, 0.717) is 30.0 Å². The van der Waals surface area contributed by atoms with Crippen LogP contribution >= 0.6 is 0 Å². The summed E-state index contributed by atoms with van der Waals surface area (Å²) in [6.07, 6.45) is 0.524. The van der Waals surface area contributed by atoms with E-state index in [1.54, 1.807) is 6.07 Å². The summed E-state index contributed by atoms with van der Waals surface area (Å²) in [7, 11) is 1.86. The lowest BCUT2D eigenvalue weighted by Crippen LogP contribution is -2.05. The molecule has 0 unspecified atom stereocenters. The highest BCUT2D eigenvalue weighted by atomic mass is 16.5. The molecule has 0 saturated heterocycles. The van der Waals surface area contributed by atoms with Gasteiger partial charge in [-0.25, -0.2) is 0 Å². The van der Waals surface area contributed by atoms with Gasteiger partial charge in [0.15, 0.2) is 0 Å². The van der Waals surface area contributed by atoms with Gasteiger partial charge in [0.25, 0.3) is 0 Å². The fraction of sp³-hybridized carbons (Fsp3) is 0.235. The molecule has 0 radical (unpaired) electrons.